The first-order valence-corrected chi connectivity index (χ1v) is 7.78. The molecule has 0 fully saturated rings. The molecule has 0 saturated carbocycles. The van der Waals surface area contributed by atoms with Crippen molar-refractivity contribution in [3.8, 4) is 5.88 Å². The summed E-state index contributed by atoms with van der Waals surface area (Å²) < 4.78 is 28.0. The molecule has 0 radical (unpaired) electrons. The van der Waals surface area contributed by atoms with Crippen LogP contribution in [-0.4, -0.2) is 31.8 Å². The summed E-state index contributed by atoms with van der Waals surface area (Å²) in [4.78, 5) is 4.23. The number of nitrogens with two attached hydrogens (primary N) is 1. The second kappa shape index (κ2) is 5.48. The molecule has 7 heteroatoms. The Morgan fingerprint density at radius 1 is 1.53 bits per heavy atom. The molecule has 2 rings (SSSR count). The van der Waals surface area contributed by atoms with Gasteiger partial charge >= 0.3 is 0 Å². The van der Waals surface area contributed by atoms with Gasteiger partial charge in [-0.1, -0.05) is 6.92 Å². The molecule has 0 amide bonds. The van der Waals surface area contributed by atoms with Gasteiger partial charge in [0.05, 0.1) is 24.1 Å². The molecule has 1 aromatic rings. The molecule has 1 unspecified atom stereocenters. The molecular weight excluding hydrogens is 266 g/mol. The smallest absolute Gasteiger partial charge is 0.239 e. The fraction of sp³-hybridized carbons (Fsp3) is 0.417. The number of ether oxygens (including phenoxy) is 1. The standard InChI is InChI=1S/C12H17N3O3S/c1-2-6-18-12-10(13)3-4-11(15-12)14-9-5-7-19(16,17)8-9/h3-5,7,9H,2,6,8,13H2,1H3,(H,14,15). The first kappa shape index (κ1) is 13.7. The maximum atomic E-state index is 11.3. The third kappa shape index (κ3) is 3.60. The number of hydrogen-bond donors (Lipinski definition) is 2. The van der Waals surface area contributed by atoms with Gasteiger partial charge in [-0.15, -0.1) is 0 Å². The van der Waals surface area contributed by atoms with Gasteiger partial charge in [-0.3, -0.25) is 0 Å². The third-order valence-corrected chi connectivity index (χ3v) is 3.99. The average Bonchev–Trinajstić information content (AvgIpc) is 2.69. The first-order chi connectivity index (χ1) is 9.00. The van der Waals surface area contributed by atoms with Crippen LogP contribution in [0.3, 0.4) is 0 Å². The summed E-state index contributed by atoms with van der Waals surface area (Å²) in [6, 6.07) is 3.13. The molecule has 0 saturated heterocycles. The van der Waals surface area contributed by atoms with E-state index in [9.17, 15) is 8.42 Å². The van der Waals surface area contributed by atoms with Crippen LogP contribution in [0.1, 0.15) is 13.3 Å². The van der Waals surface area contributed by atoms with Crippen LogP contribution >= 0.6 is 0 Å². The number of nitrogens with zero attached hydrogens (tertiary/aromatic N) is 1. The van der Waals surface area contributed by atoms with Gasteiger partial charge in [-0.05, 0) is 24.6 Å². The molecule has 2 heterocycles. The number of nitrogen functional groups attached to an aromatic ring is 1. The highest BCUT2D eigenvalue weighted by atomic mass is 32.2. The number of pyridine rings is 1. The van der Waals surface area contributed by atoms with Crippen LogP contribution in [0.15, 0.2) is 23.6 Å². The molecular formula is C12H17N3O3S. The Morgan fingerprint density at radius 3 is 2.95 bits per heavy atom. The van der Waals surface area contributed by atoms with E-state index in [1.807, 2.05) is 6.92 Å². The predicted octanol–water partition coefficient (Wildman–Crippen LogP) is 1.18. The molecule has 0 spiro atoms. The molecule has 1 atom stereocenters. The zero-order valence-electron chi connectivity index (χ0n) is 10.7. The number of sulfone groups is 1. The van der Waals surface area contributed by atoms with Crippen molar-refractivity contribution in [2.75, 3.05) is 23.4 Å². The van der Waals surface area contributed by atoms with E-state index < -0.39 is 9.84 Å². The van der Waals surface area contributed by atoms with E-state index >= 15 is 0 Å². The van der Waals surface area contributed by atoms with Crippen LogP contribution in [0.25, 0.3) is 0 Å². The van der Waals surface area contributed by atoms with Crippen LogP contribution in [-0.2, 0) is 9.84 Å². The third-order valence-electron chi connectivity index (χ3n) is 2.60. The van der Waals surface area contributed by atoms with Gasteiger partial charge in [0.25, 0.3) is 0 Å². The molecule has 3 N–H and O–H groups in total. The fourth-order valence-corrected chi connectivity index (χ4v) is 2.94. The predicted molar refractivity (Wildman–Crippen MR) is 74.8 cm³/mol. The Hall–Kier alpha value is -1.76. The molecule has 0 aliphatic carbocycles. The van der Waals surface area contributed by atoms with Crippen molar-refractivity contribution in [3.63, 3.8) is 0 Å². The highest BCUT2D eigenvalue weighted by molar-refractivity contribution is 7.94. The molecule has 1 aliphatic heterocycles. The second-order valence-corrected chi connectivity index (χ2v) is 6.28. The maximum Gasteiger partial charge on any atom is 0.239 e. The molecule has 1 aromatic heterocycles. The minimum Gasteiger partial charge on any atom is -0.476 e. The molecule has 6 nitrogen and oxygen atoms in total. The van der Waals surface area contributed by atoms with E-state index in [0.29, 0.717) is 24.0 Å². The van der Waals surface area contributed by atoms with Gasteiger partial charge in [0.15, 0.2) is 9.84 Å². The van der Waals surface area contributed by atoms with Gasteiger partial charge in [-0.25, -0.2) is 8.42 Å². The van der Waals surface area contributed by atoms with Crippen molar-refractivity contribution in [2.45, 2.75) is 19.4 Å². The highest BCUT2D eigenvalue weighted by Gasteiger charge is 2.21. The van der Waals surface area contributed by atoms with Crippen molar-refractivity contribution in [3.05, 3.63) is 23.6 Å². The topological polar surface area (TPSA) is 94.3 Å². The summed E-state index contributed by atoms with van der Waals surface area (Å²) in [6.07, 6.45) is 2.47. The lowest BCUT2D eigenvalue weighted by Crippen LogP contribution is -2.21. The largest absolute Gasteiger partial charge is 0.476 e. The normalized spacial score (nSPS) is 20.4. The average molecular weight is 283 g/mol. The fourth-order valence-electron chi connectivity index (χ4n) is 1.70. The summed E-state index contributed by atoms with van der Waals surface area (Å²) in [5.74, 6) is 0.966. The van der Waals surface area contributed by atoms with Crippen LogP contribution < -0.4 is 15.8 Å². The lowest BCUT2D eigenvalue weighted by atomic mass is 10.3. The van der Waals surface area contributed by atoms with E-state index in [1.54, 1.807) is 18.2 Å². The van der Waals surface area contributed by atoms with Gasteiger partial charge in [0.2, 0.25) is 5.88 Å². The van der Waals surface area contributed by atoms with Crippen molar-refractivity contribution < 1.29 is 13.2 Å². The number of nitrogens with one attached hydrogen (secondary N) is 1. The van der Waals surface area contributed by atoms with E-state index in [4.69, 9.17) is 10.5 Å². The van der Waals surface area contributed by atoms with Crippen molar-refractivity contribution >= 4 is 21.3 Å². The van der Waals surface area contributed by atoms with Crippen LogP contribution in [0.4, 0.5) is 11.5 Å². The number of hydrogen-bond acceptors (Lipinski definition) is 6. The summed E-state index contributed by atoms with van der Waals surface area (Å²) in [6.45, 7) is 2.53. The van der Waals surface area contributed by atoms with Crippen LogP contribution in [0.5, 0.6) is 5.88 Å². The highest BCUT2D eigenvalue weighted by Crippen LogP contribution is 2.22. The summed E-state index contributed by atoms with van der Waals surface area (Å²) in [5, 5.41) is 4.25. The number of aromatic nitrogens is 1. The molecule has 19 heavy (non-hydrogen) atoms. The Balaban J connectivity index is 2.07. The monoisotopic (exact) mass is 283 g/mol. The Labute approximate surface area is 112 Å². The van der Waals surface area contributed by atoms with Gasteiger partial charge < -0.3 is 15.8 Å². The summed E-state index contributed by atoms with van der Waals surface area (Å²) in [7, 11) is -3.07. The number of anilines is 2. The molecule has 0 bridgehead atoms. The van der Waals surface area contributed by atoms with E-state index in [2.05, 4.69) is 10.3 Å². The zero-order chi connectivity index (χ0) is 13.9. The Bertz CT molecular complexity index is 584. The van der Waals surface area contributed by atoms with Crippen molar-refractivity contribution in [1.82, 2.24) is 4.98 Å². The van der Waals surface area contributed by atoms with E-state index in [0.717, 1.165) is 6.42 Å². The van der Waals surface area contributed by atoms with Crippen molar-refractivity contribution in [2.24, 2.45) is 0 Å². The van der Waals surface area contributed by atoms with Crippen LogP contribution in [0.2, 0.25) is 0 Å². The van der Waals surface area contributed by atoms with Crippen molar-refractivity contribution in [1.29, 1.82) is 0 Å². The minimum absolute atomic E-state index is 0.0458. The van der Waals surface area contributed by atoms with E-state index in [1.165, 1.54) is 5.41 Å². The minimum atomic E-state index is -3.07. The SMILES string of the molecule is CCCOc1nc(NC2C=CS(=O)(=O)C2)ccc1N. The quantitative estimate of drug-likeness (QED) is 0.842. The van der Waals surface area contributed by atoms with Gasteiger partial charge in [-0.2, -0.15) is 4.98 Å². The van der Waals surface area contributed by atoms with Gasteiger partial charge in [0, 0.05) is 5.41 Å². The number of rotatable bonds is 5. The Morgan fingerprint density at radius 2 is 2.32 bits per heavy atom. The lowest BCUT2D eigenvalue weighted by molar-refractivity contribution is 0.307. The zero-order valence-corrected chi connectivity index (χ0v) is 11.5. The first-order valence-electron chi connectivity index (χ1n) is 6.07. The molecule has 104 valence electrons. The lowest BCUT2D eigenvalue weighted by Gasteiger charge is -2.13. The summed E-state index contributed by atoms with van der Waals surface area (Å²) in [5.41, 5.74) is 6.22. The maximum absolute atomic E-state index is 11.3. The van der Waals surface area contributed by atoms with Gasteiger partial charge in [0.1, 0.15) is 5.82 Å². The van der Waals surface area contributed by atoms with Crippen LogP contribution in [0, 0.1) is 0 Å². The molecule has 1 aliphatic rings. The second-order valence-electron chi connectivity index (χ2n) is 4.35. The molecule has 0 aromatic carbocycles. The van der Waals surface area contributed by atoms with E-state index in [-0.39, 0.29) is 11.8 Å². The Kier molecular flexibility index (Phi) is 3.94. The summed E-state index contributed by atoms with van der Waals surface area (Å²) >= 11 is 0.